The summed E-state index contributed by atoms with van der Waals surface area (Å²) in [5.74, 6) is 0. The van der Waals surface area contributed by atoms with E-state index >= 15 is 0 Å². The summed E-state index contributed by atoms with van der Waals surface area (Å²) in [6.07, 6.45) is 2.57. The predicted octanol–water partition coefficient (Wildman–Crippen LogP) is 0.978. The van der Waals surface area contributed by atoms with Crippen LogP contribution in [0.4, 0.5) is 0 Å². The van der Waals surface area contributed by atoms with Gasteiger partial charge in [-0.3, -0.25) is 0 Å². The lowest BCUT2D eigenvalue weighted by molar-refractivity contribution is -0.0890. The van der Waals surface area contributed by atoms with Gasteiger partial charge in [0.25, 0.3) is 0 Å². The van der Waals surface area contributed by atoms with Gasteiger partial charge < -0.3 is 20.4 Å². The molecule has 1 aliphatic carbocycles. The third-order valence-electron chi connectivity index (χ3n) is 4.17. The van der Waals surface area contributed by atoms with Crippen LogP contribution >= 0.6 is 0 Å². The minimum atomic E-state index is -1.06. The lowest BCUT2D eigenvalue weighted by atomic mass is 9.66. The molecule has 1 fully saturated rings. The molecule has 3 atom stereocenters. The summed E-state index contributed by atoms with van der Waals surface area (Å²) in [5, 5.41) is 38.3. The molecule has 0 saturated heterocycles. The van der Waals surface area contributed by atoms with Gasteiger partial charge in [-0.2, -0.15) is 0 Å². The van der Waals surface area contributed by atoms with Gasteiger partial charge in [0.05, 0.1) is 24.4 Å². The summed E-state index contributed by atoms with van der Waals surface area (Å²) >= 11 is 0. The second kappa shape index (κ2) is 5.70. The van der Waals surface area contributed by atoms with Gasteiger partial charge in [0.15, 0.2) is 0 Å². The Morgan fingerprint density at radius 1 is 1.28 bits per heavy atom. The van der Waals surface area contributed by atoms with E-state index < -0.39 is 17.8 Å². The van der Waals surface area contributed by atoms with Crippen molar-refractivity contribution in [1.29, 1.82) is 0 Å². The summed E-state index contributed by atoms with van der Waals surface area (Å²) in [5.41, 5.74) is -0.0494. The van der Waals surface area contributed by atoms with Gasteiger partial charge in [-0.25, -0.2) is 0 Å². The van der Waals surface area contributed by atoms with E-state index in [9.17, 15) is 15.3 Å². The predicted molar refractivity (Wildman–Crippen MR) is 70.1 cm³/mol. The fourth-order valence-electron chi connectivity index (χ4n) is 2.40. The van der Waals surface area contributed by atoms with Crippen LogP contribution in [0.3, 0.4) is 0 Å². The lowest BCUT2D eigenvalue weighted by Gasteiger charge is -2.44. The molecule has 4 N–H and O–H groups in total. The first-order chi connectivity index (χ1) is 8.21. The molecular formula is C14H26O4. The Morgan fingerprint density at radius 2 is 1.89 bits per heavy atom. The van der Waals surface area contributed by atoms with Gasteiger partial charge in [0.2, 0.25) is 0 Å². The van der Waals surface area contributed by atoms with Gasteiger partial charge in [-0.05, 0) is 31.6 Å². The number of aliphatic hydroxyl groups excluding tert-OH is 3. The molecule has 4 nitrogen and oxygen atoms in total. The van der Waals surface area contributed by atoms with Crippen molar-refractivity contribution in [3.63, 3.8) is 0 Å². The maximum absolute atomic E-state index is 10.4. The normalized spacial score (nSPS) is 33.4. The quantitative estimate of drug-likeness (QED) is 0.567. The molecule has 0 amide bonds. The zero-order valence-electron chi connectivity index (χ0n) is 11.6. The molecule has 0 aliphatic heterocycles. The first-order valence-electron chi connectivity index (χ1n) is 6.60. The molecule has 0 radical (unpaired) electrons. The van der Waals surface area contributed by atoms with Crippen molar-refractivity contribution in [2.24, 2.45) is 5.41 Å². The van der Waals surface area contributed by atoms with Crippen LogP contribution in [0.5, 0.6) is 0 Å². The Balaban J connectivity index is 2.84. The molecule has 1 saturated carbocycles. The van der Waals surface area contributed by atoms with Gasteiger partial charge in [0.1, 0.15) is 0 Å². The highest BCUT2D eigenvalue weighted by Gasteiger charge is 2.42. The fraction of sp³-hybridized carbons (Fsp3) is 0.857. The Hall–Kier alpha value is -0.420. The molecule has 106 valence electrons. The first kappa shape index (κ1) is 15.6. The average Bonchev–Trinajstić information content (AvgIpc) is 2.30. The van der Waals surface area contributed by atoms with E-state index in [0.717, 1.165) is 12.0 Å². The van der Waals surface area contributed by atoms with Crippen LogP contribution in [-0.2, 0) is 0 Å². The monoisotopic (exact) mass is 258 g/mol. The summed E-state index contributed by atoms with van der Waals surface area (Å²) in [7, 11) is 0. The van der Waals surface area contributed by atoms with E-state index in [-0.39, 0.29) is 12.0 Å². The van der Waals surface area contributed by atoms with Crippen molar-refractivity contribution >= 4 is 0 Å². The third kappa shape index (κ3) is 3.54. The maximum Gasteiger partial charge on any atom is 0.0940 e. The van der Waals surface area contributed by atoms with Crippen LogP contribution in [-0.4, -0.2) is 44.8 Å². The second-order valence-corrected chi connectivity index (χ2v) is 6.14. The van der Waals surface area contributed by atoms with Crippen molar-refractivity contribution in [2.75, 3.05) is 6.61 Å². The summed E-state index contributed by atoms with van der Waals surface area (Å²) < 4.78 is 0. The maximum atomic E-state index is 10.4. The number of hydrogen-bond donors (Lipinski definition) is 4. The van der Waals surface area contributed by atoms with E-state index in [1.807, 2.05) is 6.08 Å². The van der Waals surface area contributed by atoms with E-state index in [1.54, 1.807) is 6.92 Å². The molecule has 0 aromatic rings. The van der Waals surface area contributed by atoms with Crippen LogP contribution < -0.4 is 0 Å². The SMILES string of the molecule is C[C@@H](O)[C@]1(O)CCC(C)(C)/C(=C/C[C@@H](O)CO)C1. The highest BCUT2D eigenvalue weighted by atomic mass is 16.3. The number of hydrogen-bond acceptors (Lipinski definition) is 4. The molecule has 0 aromatic heterocycles. The second-order valence-electron chi connectivity index (χ2n) is 6.14. The summed E-state index contributed by atoms with van der Waals surface area (Å²) in [6.45, 7) is 5.56. The van der Waals surface area contributed by atoms with Gasteiger partial charge >= 0.3 is 0 Å². The molecule has 0 unspecified atom stereocenters. The Labute approximate surface area is 109 Å². The molecule has 4 heteroatoms. The highest BCUT2D eigenvalue weighted by Crippen LogP contribution is 2.45. The smallest absolute Gasteiger partial charge is 0.0940 e. The largest absolute Gasteiger partial charge is 0.394 e. The van der Waals surface area contributed by atoms with Crippen molar-refractivity contribution in [1.82, 2.24) is 0 Å². The molecule has 0 spiro atoms. The molecule has 18 heavy (non-hydrogen) atoms. The lowest BCUT2D eigenvalue weighted by Crippen LogP contribution is -2.46. The number of aliphatic hydroxyl groups is 4. The fourth-order valence-corrected chi connectivity index (χ4v) is 2.40. The minimum absolute atomic E-state index is 0.0315. The Bertz CT molecular complexity index is 309. The van der Waals surface area contributed by atoms with Crippen molar-refractivity contribution in [3.8, 4) is 0 Å². The average molecular weight is 258 g/mol. The zero-order chi connectivity index (χ0) is 14.0. The Morgan fingerprint density at radius 3 is 2.39 bits per heavy atom. The molecule has 0 bridgehead atoms. The van der Waals surface area contributed by atoms with Crippen LogP contribution in [0, 0.1) is 5.41 Å². The zero-order valence-corrected chi connectivity index (χ0v) is 11.6. The minimum Gasteiger partial charge on any atom is -0.394 e. The van der Waals surface area contributed by atoms with Crippen molar-refractivity contribution in [2.45, 2.75) is 64.3 Å². The molecule has 0 aromatic carbocycles. The first-order valence-corrected chi connectivity index (χ1v) is 6.60. The molecular weight excluding hydrogens is 232 g/mol. The van der Waals surface area contributed by atoms with Crippen molar-refractivity contribution < 1.29 is 20.4 Å². The molecule has 0 heterocycles. The van der Waals surface area contributed by atoms with Gasteiger partial charge in [-0.1, -0.05) is 25.5 Å². The third-order valence-corrected chi connectivity index (χ3v) is 4.17. The van der Waals surface area contributed by atoms with Gasteiger partial charge in [-0.15, -0.1) is 0 Å². The topological polar surface area (TPSA) is 80.9 Å². The molecule has 1 aliphatic rings. The van der Waals surface area contributed by atoms with E-state index in [2.05, 4.69) is 13.8 Å². The van der Waals surface area contributed by atoms with E-state index in [0.29, 0.717) is 19.3 Å². The van der Waals surface area contributed by atoms with Crippen LogP contribution in [0.1, 0.15) is 46.5 Å². The van der Waals surface area contributed by atoms with Crippen LogP contribution in [0.2, 0.25) is 0 Å². The Kier molecular flexibility index (Phi) is 4.95. The van der Waals surface area contributed by atoms with E-state index in [1.165, 1.54) is 0 Å². The highest BCUT2D eigenvalue weighted by molar-refractivity contribution is 5.20. The van der Waals surface area contributed by atoms with E-state index in [4.69, 9.17) is 5.11 Å². The number of rotatable bonds is 4. The summed E-state index contributed by atoms with van der Waals surface area (Å²) in [6, 6.07) is 0. The summed E-state index contributed by atoms with van der Waals surface area (Å²) in [4.78, 5) is 0. The molecule has 1 rings (SSSR count). The van der Waals surface area contributed by atoms with Gasteiger partial charge in [0, 0.05) is 6.42 Å². The van der Waals surface area contributed by atoms with Crippen LogP contribution in [0.15, 0.2) is 11.6 Å². The standard InChI is InChI=1S/C14H26O4/c1-10(16)14(18)7-6-13(2,3)11(8-14)4-5-12(17)9-15/h4,10,12,15-18H,5-9H2,1-3H3/b11-4+/t10-,12-,14+/m1/s1. The van der Waals surface area contributed by atoms with Crippen LogP contribution in [0.25, 0.3) is 0 Å². The van der Waals surface area contributed by atoms with Crippen molar-refractivity contribution in [3.05, 3.63) is 11.6 Å².